The van der Waals surface area contributed by atoms with Crippen molar-refractivity contribution >= 4 is 34.1 Å². The second-order valence-electron chi connectivity index (χ2n) is 6.47. The van der Waals surface area contributed by atoms with Gasteiger partial charge in [-0.05, 0) is 43.7 Å². The van der Waals surface area contributed by atoms with E-state index in [9.17, 15) is 9.18 Å². The average Bonchev–Trinajstić information content (AvgIpc) is 3.27. The number of hydrogen-bond donors (Lipinski definition) is 3. The van der Waals surface area contributed by atoms with Crippen LogP contribution in [0.3, 0.4) is 0 Å². The monoisotopic (exact) mass is 395 g/mol. The number of hydrogen-bond acceptors (Lipinski definition) is 4. The highest BCUT2D eigenvalue weighted by Crippen LogP contribution is 2.31. The van der Waals surface area contributed by atoms with Crippen LogP contribution in [0.25, 0.3) is 21.5 Å². The molecule has 4 rings (SSSR count). The summed E-state index contributed by atoms with van der Waals surface area (Å²) in [6.07, 6.45) is 1.70. The second-order valence-corrected chi connectivity index (χ2v) is 7.76. The standard InChI is InChI=1S/C20H18FN5OS/c1-11-3-8-17(28-11)19-15-10-22-18(9-16(15)25-26-19)24-20(27)23-12(2)13-4-6-14(21)7-5-13/h3-10,12H,1-2H3,(H,25,26)(H2,22,23,24,27). The highest BCUT2D eigenvalue weighted by atomic mass is 32.1. The summed E-state index contributed by atoms with van der Waals surface area (Å²) in [4.78, 5) is 18.9. The number of fused-ring (bicyclic) bond motifs is 1. The number of nitrogens with one attached hydrogen (secondary N) is 3. The van der Waals surface area contributed by atoms with Crippen LogP contribution < -0.4 is 10.6 Å². The molecule has 1 atom stereocenters. The Labute approximate surface area is 164 Å². The molecule has 0 bridgehead atoms. The lowest BCUT2D eigenvalue weighted by Crippen LogP contribution is -2.31. The van der Waals surface area contributed by atoms with E-state index >= 15 is 0 Å². The van der Waals surface area contributed by atoms with Gasteiger partial charge in [-0.1, -0.05) is 12.1 Å². The molecule has 6 nitrogen and oxygen atoms in total. The maximum atomic E-state index is 13.0. The lowest BCUT2D eigenvalue weighted by Gasteiger charge is -2.14. The number of carbonyl (C=O) groups excluding carboxylic acids is 1. The number of aromatic nitrogens is 3. The minimum atomic E-state index is -0.391. The number of amides is 2. The van der Waals surface area contributed by atoms with Crippen LogP contribution in [0.4, 0.5) is 15.0 Å². The first kappa shape index (κ1) is 18.1. The van der Waals surface area contributed by atoms with Crippen molar-refractivity contribution < 1.29 is 9.18 Å². The maximum Gasteiger partial charge on any atom is 0.320 e. The molecule has 142 valence electrons. The first-order valence-electron chi connectivity index (χ1n) is 8.73. The Kier molecular flexibility index (Phi) is 4.79. The van der Waals surface area contributed by atoms with Crippen LogP contribution in [0.5, 0.6) is 0 Å². The van der Waals surface area contributed by atoms with E-state index in [4.69, 9.17) is 0 Å². The van der Waals surface area contributed by atoms with E-state index in [2.05, 4.69) is 38.8 Å². The summed E-state index contributed by atoms with van der Waals surface area (Å²) < 4.78 is 13.0. The van der Waals surface area contributed by atoms with Gasteiger partial charge in [-0.3, -0.25) is 10.4 Å². The van der Waals surface area contributed by atoms with Crippen molar-refractivity contribution in [1.29, 1.82) is 0 Å². The highest BCUT2D eigenvalue weighted by Gasteiger charge is 2.13. The molecule has 0 aliphatic rings. The fraction of sp³-hybridized carbons (Fsp3) is 0.150. The van der Waals surface area contributed by atoms with E-state index in [0.29, 0.717) is 5.82 Å². The molecule has 2 amide bonds. The predicted molar refractivity (Wildman–Crippen MR) is 109 cm³/mol. The molecule has 0 fully saturated rings. The number of aryl methyl sites for hydroxylation is 1. The largest absolute Gasteiger partial charge is 0.331 e. The van der Waals surface area contributed by atoms with Gasteiger partial charge in [-0.2, -0.15) is 5.10 Å². The smallest absolute Gasteiger partial charge is 0.320 e. The van der Waals surface area contributed by atoms with Gasteiger partial charge in [0.05, 0.1) is 16.4 Å². The number of halogens is 1. The van der Waals surface area contributed by atoms with Gasteiger partial charge in [-0.15, -0.1) is 11.3 Å². The molecule has 0 saturated heterocycles. The van der Waals surface area contributed by atoms with Gasteiger partial charge in [0.15, 0.2) is 0 Å². The molecule has 0 aliphatic heterocycles. The van der Waals surface area contributed by atoms with Crippen molar-refractivity contribution in [1.82, 2.24) is 20.5 Å². The van der Waals surface area contributed by atoms with E-state index in [1.165, 1.54) is 17.0 Å². The number of nitrogens with zero attached hydrogens (tertiary/aromatic N) is 2. The summed E-state index contributed by atoms with van der Waals surface area (Å²) in [7, 11) is 0. The number of anilines is 1. The van der Waals surface area contributed by atoms with Crippen molar-refractivity contribution in [2.24, 2.45) is 0 Å². The molecule has 8 heteroatoms. The van der Waals surface area contributed by atoms with E-state index in [-0.39, 0.29) is 11.9 Å². The predicted octanol–water partition coefficient (Wildman–Crippen LogP) is 5.02. The summed E-state index contributed by atoms with van der Waals surface area (Å²) in [5, 5.41) is 13.8. The molecule has 3 N–H and O–H groups in total. The number of urea groups is 1. The number of benzene rings is 1. The van der Waals surface area contributed by atoms with E-state index in [0.717, 1.165) is 27.0 Å². The molecule has 0 saturated carbocycles. The minimum absolute atomic E-state index is 0.273. The third-order valence-electron chi connectivity index (χ3n) is 4.38. The van der Waals surface area contributed by atoms with Crippen molar-refractivity contribution in [3.05, 3.63) is 64.9 Å². The zero-order chi connectivity index (χ0) is 19.7. The van der Waals surface area contributed by atoms with Crippen LogP contribution in [0, 0.1) is 12.7 Å². The molecule has 0 radical (unpaired) electrons. The fourth-order valence-electron chi connectivity index (χ4n) is 2.91. The Balaban J connectivity index is 1.47. The van der Waals surface area contributed by atoms with Crippen LogP contribution in [0.2, 0.25) is 0 Å². The number of pyridine rings is 1. The second kappa shape index (κ2) is 7.40. The van der Waals surface area contributed by atoms with Crippen molar-refractivity contribution in [2.75, 3.05) is 5.32 Å². The summed E-state index contributed by atoms with van der Waals surface area (Å²) in [5.74, 6) is 0.100. The lowest BCUT2D eigenvalue weighted by molar-refractivity contribution is 0.249. The molecule has 0 aliphatic carbocycles. The number of carbonyl (C=O) groups is 1. The van der Waals surface area contributed by atoms with Crippen LogP contribution >= 0.6 is 11.3 Å². The van der Waals surface area contributed by atoms with Crippen LogP contribution in [0.15, 0.2) is 48.7 Å². The highest BCUT2D eigenvalue weighted by molar-refractivity contribution is 7.15. The third kappa shape index (κ3) is 3.72. The Hall–Kier alpha value is -3.26. The van der Waals surface area contributed by atoms with E-state index < -0.39 is 6.03 Å². The summed E-state index contributed by atoms with van der Waals surface area (Å²) in [5.41, 5.74) is 2.45. The summed E-state index contributed by atoms with van der Waals surface area (Å²) in [6, 6.07) is 11.2. The first-order chi connectivity index (χ1) is 13.5. The molecule has 4 aromatic rings. The first-order valence-corrected chi connectivity index (χ1v) is 9.55. The summed E-state index contributed by atoms with van der Waals surface area (Å²) >= 11 is 1.67. The Morgan fingerprint density at radius 2 is 2.00 bits per heavy atom. The van der Waals surface area contributed by atoms with Crippen molar-refractivity contribution in [3.63, 3.8) is 0 Å². The van der Waals surface area contributed by atoms with Crippen LogP contribution in [-0.4, -0.2) is 21.2 Å². The Bertz CT molecular complexity index is 1140. The third-order valence-corrected chi connectivity index (χ3v) is 5.39. The zero-order valence-electron chi connectivity index (χ0n) is 15.3. The van der Waals surface area contributed by atoms with Gasteiger partial charge in [0, 0.05) is 22.5 Å². The van der Waals surface area contributed by atoms with Gasteiger partial charge >= 0.3 is 6.03 Å². The molecular formula is C20H18FN5OS. The van der Waals surface area contributed by atoms with Gasteiger partial charge in [0.1, 0.15) is 17.3 Å². The molecule has 1 unspecified atom stereocenters. The molecule has 0 spiro atoms. The lowest BCUT2D eigenvalue weighted by atomic mass is 10.1. The molecule has 3 aromatic heterocycles. The number of thiophene rings is 1. The van der Waals surface area contributed by atoms with Gasteiger partial charge < -0.3 is 5.32 Å². The Morgan fingerprint density at radius 1 is 1.21 bits per heavy atom. The molecule has 3 heterocycles. The minimum Gasteiger partial charge on any atom is -0.331 e. The van der Waals surface area contributed by atoms with E-state index in [1.54, 1.807) is 35.7 Å². The zero-order valence-corrected chi connectivity index (χ0v) is 16.1. The van der Waals surface area contributed by atoms with Crippen molar-refractivity contribution in [2.45, 2.75) is 19.9 Å². The molecule has 1 aromatic carbocycles. The topological polar surface area (TPSA) is 82.7 Å². The van der Waals surface area contributed by atoms with Gasteiger partial charge in [0.2, 0.25) is 0 Å². The van der Waals surface area contributed by atoms with Crippen LogP contribution in [-0.2, 0) is 0 Å². The SMILES string of the molecule is Cc1ccc(-c2n[nH]c3cc(NC(=O)NC(C)c4ccc(F)cc4)ncc23)s1. The normalized spacial score (nSPS) is 12.1. The molecular weight excluding hydrogens is 377 g/mol. The number of aromatic amines is 1. The average molecular weight is 395 g/mol. The number of rotatable bonds is 4. The van der Waals surface area contributed by atoms with Crippen LogP contribution in [0.1, 0.15) is 23.4 Å². The van der Waals surface area contributed by atoms with E-state index in [1.807, 2.05) is 13.0 Å². The van der Waals surface area contributed by atoms with Crippen molar-refractivity contribution in [3.8, 4) is 10.6 Å². The van der Waals surface area contributed by atoms with Gasteiger partial charge in [0.25, 0.3) is 0 Å². The number of H-pyrrole nitrogens is 1. The fourth-order valence-corrected chi connectivity index (χ4v) is 3.79. The maximum absolute atomic E-state index is 13.0. The summed E-state index contributed by atoms with van der Waals surface area (Å²) in [6.45, 7) is 3.88. The molecule has 28 heavy (non-hydrogen) atoms. The van der Waals surface area contributed by atoms with Gasteiger partial charge in [-0.25, -0.2) is 14.2 Å². The quantitative estimate of drug-likeness (QED) is 0.454. The Morgan fingerprint density at radius 3 is 2.71 bits per heavy atom.